The van der Waals surface area contributed by atoms with Gasteiger partial charge in [-0.3, -0.25) is 4.79 Å². The number of anilines is 1. The highest BCUT2D eigenvalue weighted by atomic mass is 79.9. The predicted octanol–water partition coefficient (Wildman–Crippen LogP) is 3.39. The number of carbonyl (C=O) groups is 1. The van der Waals surface area contributed by atoms with Crippen LogP contribution in [0.1, 0.15) is 37.6 Å². The molecule has 0 bridgehead atoms. The molecule has 1 unspecified atom stereocenters. The molecule has 110 valence electrons. The Labute approximate surface area is 129 Å². The van der Waals surface area contributed by atoms with Crippen LogP contribution >= 0.6 is 15.9 Å². The SMILES string of the molecule is CCNc1ncc(Br)cc1C(=O)N1CCC(C(C)C)C1. The van der Waals surface area contributed by atoms with Crippen molar-refractivity contribution in [2.45, 2.75) is 27.2 Å². The van der Waals surface area contributed by atoms with Crippen LogP contribution in [0.15, 0.2) is 16.7 Å². The number of carbonyl (C=O) groups excluding carboxylic acids is 1. The summed E-state index contributed by atoms with van der Waals surface area (Å²) in [6, 6.07) is 1.86. The zero-order valence-electron chi connectivity index (χ0n) is 12.3. The van der Waals surface area contributed by atoms with Gasteiger partial charge in [-0.2, -0.15) is 0 Å². The second-order valence-corrected chi connectivity index (χ2v) is 6.54. The Morgan fingerprint density at radius 1 is 1.60 bits per heavy atom. The van der Waals surface area contributed by atoms with Gasteiger partial charge in [0.15, 0.2) is 0 Å². The Kier molecular flexibility index (Phi) is 5.02. The Hall–Kier alpha value is -1.10. The van der Waals surface area contributed by atoms with Gasteiger partial charge in [0.2, 0.25) is 0 Å². The molecule has 2 heterocycles. The summed E-state index contributed by atoms with van der Waals surface area (Å²) < 4.78 is 0.835. The molecule has 1 aromatic rings. The lowest BCUT2D eigenvalue weighted by molar-refractivity contribution is 0.0784. The van der Waals surface area contributed by atoms with Gasteiger partial charge in [0.1, 0.15) is 5.82 Å². The maximum Gasteiger partial charge on any atom is 0.257 e. The van der Waals surface area contributed by atoms with E-state index in [-0.39, 0.29) is 5.91 Å². The number of nitrogens with one attached hydrogen (secondary N) is 1. The highest BCUT2D eigenvalue weighted by Crippen LogP contribution is 2.27. The second kappa shape index (κ2) is 6.57. The van der Waals surface area contributed by atoms with Crippen LogP contribution in [0.5, 0.6) is 0 Å². The average molecular weight is 340 g/mol. The number of likely N-dealkylation sites (tertiary alicyclic amines) is 1. The van der Waals surface area contributed by atoms with Crippen molar-refractivity contribution in [3.8, 4) is 0 Å². The lowest BCUT2D eigenvalue weighted by Gasteiger charge is -2.19. The summed E-state index contributed by atoms with van der Waals surface area (Å²) in [5.41, 5.74) is 0.658. The molecule has 1 aliphatic rings. The second-order valence-electron chi connectivity index (χ2n) is 5.62. The minimum Gasteiger partial charge on any atom is -0.370 e. The van der Waals surface area contributed by atoms with E-state index in [0.29, 0.717) is 23.2 Å². The standard InChI is InChI=1S/C15H22BrN3O/c1-4-17-14-13(7-12(16)8-18-14)15(20)19-6-5-11(9-19)10(2)3/h7-8,10-11H,4-6,9H2,1-3H3,(H,17,18). The van der Waals surface area contributed by atoms with Gasteiger partial charge in [-0.25, -0.2) is 4.98 Å². The van der Waals surface area contributed by atoms with Crippen molar-refractivity contribution in [1.82, 2.24) is 9.88 Å². The Bertz CT molecular complexity index is 490. The first-order valence-electron chi connectivity index (χ1n) is 7.21. The fourth-order valence-electron chi connectivity index (χ4n) is 2.60. The van der Waals surface area contributed by atoms with Crippen LogP contribution in [0, 0.1) is 11.8 Å². The zero-order chi connectivity index (χ0) is 14.7. The number of hydrogen-bond acceptors (Lipinski definition) is 3. The minimum absolute atomic E-state index is 0.0814. The topological polar surface area (TPSA) is 45.2 Å². The van der Waals surface area contributed by atoms with E-state index in [1.165, 1.54) is 0 Å². The summed E-state index contributed by atoms with van der Waals surface area (Å²) in [5.74, 6) is 2.00. The summed E-state index contributed by atoms with van der Waals surface area (Å²) in [6.45, 7) is 8.91. The average Bonchev–Trinajstić information content (AvgIpc) is 2.90. The number of hydrogen-bond donors (Lipinski definition) is 1. The lowest BCUT2D eigenvalue weighted by atomic mass is 9.95. The van der Waals surface area contributed by atoms with Gasteiger partial charge in [0.05, 0.1) is 5.56 Å². The molecular weight excluding hydrogens is 318 g/mol. The molecule has 1 amide bonds. The normalized spacial score (nSPS) is 18.6. The van der Waals surface area contributed by atoms with Crippen molar-refractivity contribution < 1.29 is 4.79 Å². The molecule has 1 fully saturated rings. The number of nitrogens with zero attached hydrogens (tertiary/aromatic N) is 2. The third kappa shape index (κ3) is 3.32. The van der Waals surface area contributed by atoms with E-state index >= 15 is 0 Å². The van der Waals surface area contributed by atoms with Crippen LogP contribution < -0.4 is 5.32 Å². The lowest BCUT2D eigenvalue weighted by Crippen LogP contribution is -2.30. The largest absolute Gasteiger partial charge is 0.370 e. The van der Waals surface area contributed by atoms with Gasteiger partial charge < -0.3 is 10.2 Å². The maximum absolute atomic E-state index is 12.7. The van der Waals surface area contributed by atoms with Crippen LogP contribution in [0.2, 0.25) is 0 Å². The van der Waals surface area contributed by atoms with E-state index in [0.717, 1.165) is 30.5 Å². The molecule has 0 spiro atoms. The molecule has 0 aromatic carbocycles. The molecule has 2 rings (SSSR count). The Morgan fingerprint density at radius 2 is 2.35 bits per heavy atom. The highest BCUT2D eigenvalue weighted by molar-refractivity contribution is 9.10. The zero-order valence-corrected chi connectivity index (χ0v) is 13.9. The Morgan fingerprint density at radius 3 is 2.95 bits per heavy atom. The fraction of sp³-hybridized carbons (Fsp3) is 0.600. The highest BCUT2D eigenvalue weighted by Gasteiger charge is 2.30. The third-order valence-electron chi connectivity index (χ3n) is 3.88. The quantitative estimate of drug-likeness (QED) is 0.914. The monoisotopic (exact) mass is 339 g/mol. The van der Waals surface area contributed by atoms with E-state index < -0.39 is 0 Å². The van der Waals surface area contributed by atoms with Crippen LogP contribution in [0.3, 0.4) is 0 Å². The predicted molar refractivity (Wildman–Crippen MR) is 84.9 cm³/mol. The summed E-state index contributed by atoms with van der Waals surface area (Å²) in [6.07, 6.45) is 2.82. The van der Waals surface area contributed by atoms with Crippen LogP contribution in [0.25, 0.3) is 0 Å². The molecule has 0 aliphatic carbocycles. The van der Waals surface area contributed by atoms with Crippen LogP contribution in [0.4, 0.5) is 5.82 Å². The van der Waals surface area contributed by atoms with Crippen LogP contribution in [-0.2, 0) is 0 Å². The van der Waals surface area contributed by atoms with Crippen LogP contribution in [-0.4, -0.2) is 35.4 Å². The summed E-state index contributed by atoms with van der Waals surface area (Å²) >= 11 is 3.40. The molecule has 4 nitrogen and oxygen atoms in total. The molecule has 5 heteroatoms. The first-order chi connectivity index (χ1) is 9.52. The minimum atomic E-state index is 0.0814. The van der Waals surface area contributed by atoms with Gasteiger partial charge in [-0.1, -0.05) is 13.8 Å². The van der Waals surface area contributed by atoms with Gasteiger partial charge in [-0.05, 0) is 47.2 Å². The fourth-order valence-corrected chi connectivity index (χ4v) is 2.93. The van der Waals surface area contributed by atoms with E-state index in [4.69, 9.17) is 0 Å². The summed E-state index contributed by atoms with van der Waals surface area (Å²) in [5, 5.41) is 3.16. The third-order valence-corrected chi connectivity index (χ3v) is 4.32. The van der Waals surface area contributed by atoms with Crippen molar-refractivity contribution in [3.05, 3.63) is 22.3 Å². The van der Waals surface area contributed by atoms with Crippen molar-refractivity contribution in [1.29, 1.82) is 0 Å². The van der Waals surface area contributed by atoms with E-state index in [1.807, 2.05) is 17.9 Å². The number of pyridine rings is 1. The van der Waals surface area contributed by atoms with E-state index in [2.05, 4.69) is 40.1 Å². The molecule has 1 atom stereocenters. The molecule has 1 N–H and O–H groups in total. The van der Waals surface area contributed by atoms with E-state index in [1.54, 1.807) is 6.20 Å². The van der Waals surface area contributed by atoms with Crippen molar-refractivity contribution in [3.63, 3.8) is 0 Å². The molecule has 1 saturated heterocycles. The number of aromatic nitrogens is 1. The molecular formula is C15H22BrN3O. The first kappa shape index (κ1) is 15.3. The molecule has 1 aromatic heterocycles. The van der Waals surface area contributed by atoms with Crippen molar-refractivity contribution in [2.75, 3.05) is 25.0 Å². The summed E-state index contributed by atoms with van der Waals surface area (Å²) in [7, 11) is 0. The maximum atomic E-state index is 12.7. The summed E-state index contributed by atoms with van der Waals surface area (Å²) in [4.78, 5) is 19.0. The van der Waals surface area contributed by atoms with Gasteiger partial charge in [0.25, 0.3) is 5.91 Å². The molecule has 0 radical (unpaired) electrons. The van der Waals surface area contributed by atoms with Crippen molar-refractivity contribution >= 4 is 27.7 Å². The van der Waals surface area contributed by atoms with Gasteiger partial charge in [-0.15, -0.1) is 0 Å². The number of rotatable bonds is 4. The molecule has 20 heavy (non-hydrogen) atoms. The number of halogens is 1. The van der Waals surface area contributed by atoms with E-state index in [9.17, 15) is 4.79 Å². The molecule has 0 saturated carbocycles. The van der Waals surface area contributed by atoms with Gasteiger partial charge >= 0.3 is 0 Å². The smallest absolute Gasteiger partial charge is 0.257 e. The van der Waals surface area contributed by atoms with Crippen molar-refractivity contribution in [2.24, 2.45) is 11.8 Å². The first-order valence-corrected chi connectivity index (χ1v) is 8.01. The molecule has 1 aliphatic heterocycles. The number of amides is 1. The van der Waals surface area contributed by atoms with Gasteiger partial charge in [0, 0.05) is 30.3 Å². The Balaban J connectivity index is 2.19.